The van der Waals surface area contributed by atoms with Crippen LogP contribution in [0.1, 0.15) is 35.4 Å². The first-order valence-corrected chi connectivity index (χ1v) is 6.73. The van der Waals surface area contributed by atoms with E-state index in [9.17, 15) is 0 Å². The maximum Gasteiger partial charge on any atom is 0.0107 e. The SMILES string of the molecule is N[C@@H]1CCc2ccccc2[C@H](c2ccccc2)C1. The number of fused-ring (bicyclic) bond motifs is 1. The minimum absolute atomic E-state index is 0.308. The van der Waals surface area contributed by atoms with Gasteiger partial charge in [0, 0.05) is 12.0 Å². The van der Waals surface area contributed by atoms with E-state index in [0.717, 1.165) is 19.3 Å². The Morgan fingerprint density at radius 3 is 2.44 bits per heavy atom. The number of benzene rings is 2. The van der Waals surface area contributed by atoms with Gasteiger partial charge in [0.25, 0.3) is 0 Å². The van der Waals surface area contributed by atoms with Crippen LogP contribution in [-0.2, 0) is 6.42 Å². The molecule has 92 valence electrons. The molecular formula is C17H19N. The maximum atomic E-state index is 6.24. The van der Waals surface area contributed by atoms with E-state index < -0.39 is 0 Å². The minimum Gasteiger partial charge on any atom is -0.328 e. The largest absolute Gasteiger partial charge is 0.328 e. The van der Waals surface area contributed by atoms with Crippen LogP contribution in [0.4, 0.5) is 0 Å². The molecule has 0 aromatic heterocycles. The zero-order valence-corrected chi connectivity index (χ0v) is 10.5. The zero-order chi connectivity index (χ0) is 12.4. The van der Waals surface area contributed by atoms with E-state index in [1.165, 1.54) is 16.7 Å². The van der Waals surface area contributed by atoms with Crippen molar-refractivity contribution in [3.63, 3.8) is 0 Å². The van der Waals surface area contributed by atoms with Crippen molar-refractivity contribution in [2.75, 3.05) is 0 Å². The molecule has 1 heteroatoms. The summed E-state index contributed by atoms with van der Waals surface area (Å²) in [5, 5.41) is 0. The quantitative estimate of drug-likeness (QED) is 0.755. The molecule has 2 aromatic carbocycles. The lowest BCUT2D eigenvalue weighted by molar-refractivity contribution is 0.557. The van der Waals surface area contributed by atoms with Crippen molar-refractivity contribution in [2.24, 2.45) is 5.73 Å². The van der Waals surface area contributed by atoms with Crippen LogP contribution in [0.3, 0.4) is 0 Å². The molecule has 0 saturated heterocycles. The third-order valence-corrected chi connectivity index (χ3v) is 3.96. The molecule has 0 saturated carbocycles. The van der Waals surface area contributed by atoms with Crippen LogP contribution < -0.4 is 5.73 Å². The third-order valence-electron chi connectivity index (χ3n) is 3.96. The van der Waals surface area contributed by atoms with Crippen LogP contribution in [0.25, 0.3) is 0 Å². The molecule has 0 bridgehead atoms. The summed E-state index contributed by atoms with van der Waals surface area (Å²) in [6, 6.07) is 19.9. The molecule has 1 aliphatic rings. The molecule has 0 heterocycles. The Bertz CT molecular complexity index is 518. The van der Waals surface area contributed by atoms with E-state index in [2.05, 4.69) is 54.6 Å². The fourth-order valence-corrected chi connectivity index (χ4v) is 2.99. The summed E-state index contributed by atoms with van der Waals surface area (Å²) < 4.78 is 0. The monoisotopic (exact) mass is 237 g/mol. The lowest BCUT2D eigenvalue weighted by Gasteiger charge is -2.20. The van der Waals surface area contributed by atoms with Gasteiger partial charge in [-0.05, 0) is 36.0 Å². The second kappa shape index (κ2) is 4.95. The molecular weight excluding hydrogens is 218 g/mol. The van der Waals surface area contributed by atoms with Gasteiger partial charge in [0.1, 0.15) is 0 Å². The molecule has 1 aliphatic carbocycles. The average Bonchev–Trinajstić information content (AvgIpc) is 2.60. The van der Waals surface area contributed by atoms with E-state index in [1.54, 1.807) is 0 Å². The van der Waals surface area contributed by atoms with Crippen LogP contribution in [0.15, 0.2) is 54.6 Å². The third kappa shape index (κ3) is 2.19. The van der Waals surface area contributed by atoms with Gasteiger partial charge in [0.15, 0.2) is 0 Å². The maximum absolute atomic E-state index is 6.24. The molecule has 2 N–H and O–H groups in total. The molecule has 2 aromatic rings. The molecule has 1 nitrogen and oxygen atoms in total. The van der Waals surface area contributed by atoms with Crippen molar-refractivity contribution in [2.45, 2.75) is 31.2 Å². The number of nitrogens with two attached hydrogens (primary N) is 1. The van der Waals surface area contributed by atoms with Gasteiger partial charge in [0.2, 0.25) is 0 Å². The van der Waals surface area contributed by atoms with Crippen LogP contribution in [-0.4, -0.2) is 6.04 Å². The standard InChI is InChI=1S/C17H19N/c18-15-11-10-14-8-4-5-9-16(14)17(12-15)13-6-2-1-3-7-13/h1-9,15,17H,10-12,18H2/t15-,17+/m1/s1. The van der Waals surface area contributed by atoms with Crippen molar-refractivity contribution in [1.82, 2.24) is 0 Å². The molecule has 2 atom stereocenters. The summed E-state index contributed by atoms with van der Waals surface area (Å²) in [7, 11) is 0. The highest BCUT2D eigenvalue weighted by atomic mass is 14.6. The van der Waals surface area contributed by atoms with Gasteiger partial charge in [0.05, 0.1) is 0 Å². The number of rotatable bonds is 1. The van der Waals surface area contributed by atoms with E-state index >= 15 is 0 Å². The van der Waals surface area contributed by atoms with Crippen molar-refractivity contribution in [3.05, 3.63) is 71.3 Å². The second-order valence-corrected chi connectivity index (χ2v) is 5.20. The lowest BCUT2D eigenvalue weighted by atomic mass is 9.86. The van der Waals surface area contributed by atoms with Gasteiger partial charge in [-0.25, -0.2) is 0 Å². The highest BCUT2D eigenvalue weighted by Crippen LogP contribution is 2.34. The van der Waals surface area contributed by atoms with Crippen molar-refractivity contribution >= 4 is 0 Å². The first kappa shape index (κ1) is 11.5. The van der Waals surface area contributed by atoms with Crippen LogP contribution in [0.2, 0.25) is 0 Å². The Morgan fingerprint density at radius 2 is 1.61 bits per heavy atom. The van der Waals surface area contributed by atoms with Gasteiger partial charge in [-0.1, -0.05) is 54.6 Å². The molecule has 0 fully saturated rings. The van der Waals surface area contributed by atoms with Crippen LogP contribution >= 0.6 is 0 Å². The van der Waals surface area contributed by atoms with Crippen molar-refractivity contribution in [1.29, 1.82) is 0 Å². The van der Waals surface area contributed by atoms with Crippen molar-refractivity contribution in [3.8, 4) is 0 Å². The summed E-state index contributed by atoms with van der Waals surface area (Å²) in [6.45, 7) is 0. The minimum atomic E-state index is 0.308. The summed E-state index contributed by atoms with van der Waals surface area (Å²) >= 11 is 0. The van der Waals surface area contributed by atoms with E-state index in [-0.39, 0.29) is 0 Å². The van der Waals surface area contributed by atoms with Gasteiger partial charge in [-0.3, -0.25) is 0 Å². The molecule has 0 aliphatic heterocycles. The first-order valence-electron chi connectivity index (χ1n) is 6.73. The second-order valence-electron chi connectivity index (χ2n) is 5.20. The Morgan fingerprint density at radius 1 is 0.889 bits per heavy atom. The number of hydrogen-bond donors (Lipinski definition) is 1. The van der Waals surface area contributed by atoms with Gasteiger partial charge in [-0.2, -0.15) is 0 Å². The fourth-order valence-electron chi connectivity index (χ4n) is 2.99. The average molecular weight is 237 g/mol. The normalized spacial score (nSPS) is 23.2. The molecule has 0 unspecified atom stereocenters. The molecule has 0 radical (unpaired) electrons. The molecule has 18 heavy (non-hydrogen) atoms. The van der Waals surface area contributed by atoms with Crippen LogP contribution in [0.5, 0.6) is 0 Å². The van der Waals surface area contributed by atoms with Crippen LogP contribution in [0, 0.1) is 0 Å². The molecule has 0 spiro atoms. The zero-order valence-electron chi connectivity index (χ0n) is 10.5. The Balaban J connectivity index is 2.07. The first-order chi connectivity index (χ1) is 8.84. The van der Waals surface area contributed by atoms with Gasteiger partial charge >= 0.3 is 0 Å². The fraction of sp³-hybridized carbons (Fsp3) is 0.294. The summed E-state index contributed by atoms with van der Waals surface area (Å²) in [4.78, 5) is 0. The summed E-state index contributed by atoms with van der Waals surface area (Å²) in [5.41, 5.74) is 10.6. The topological polar surface area (TPSA) is 26.0 Å². The van der Waals surface area contributed by atoms with Crippen molar-refractivity contribution < 1.29 is 0 Å². The van der Waals surface area contributed by atoms with Gasteiger partial charge < -0.3 is 5.73 Å². The Labute approximate surface area is 109 Å². The van der Waals surface area contributed by atoms with E-state index in [1.807, 2.05) is 0 Å². The molecule has 3 rings (SSSR count). The predicted octanol–water partition coefficient (Wildman–Crippen LogP) is 3.48. The number of aryl methyl sites for hydroxylation is 1. The highest BCUT2D eigenvalue weighted by molar-refractivity contribution is 5.39. The van der Waals surface area contributed by atoms with Gasteiger partial charge in [-0.15, -0.1) is 0 Å². The summed E-state index contributed by atoms with van der Waals surface area (Å²) in [5.74, 6) is 0.458. The molecule has 0 amide bonds. The summed E-state index contributed by atoms with van der Waals surface area (Å²) in [6.07, 6.45) is 3.27. The smallest absolute Gasteiger partial charge is 0.0107 e. The Kier molecular flexibility index (Phi) is 3.16. The Hall–Kier alpha value is -1.60. The number of hydrogen-bond acceptors (Lipinski definition) is 1. The lowest BCUT2D eigenvalue weighted by Crippen LogP contribution is -2.21. The highest BCUT2D eigenvalue weighted by Gasteiger charge is 2.23. The van der Waals surface area contributed by atoms with E-state index in [0.29, 0.717) is 12.0 Å². The van der Waals surface area contributed by atoms with E-state index in [4.69, 9.17) is 5.73 Å². The predicted molar refractivity (Wildman–Crippen MR) is 75.6 cm³/mol.